The minimum absolute atomic E-state index is 0.193. The van der Waals surface area contributed by atoms with Crippen LogP contribution in [0.2, 0.25) is 0 Å². The second-order valence-corrected chi connectivity index (χ2v) is 12.1. The normalized spacial score (nSPS) is 12.2. The first-order chi connectivity index (χ1) is 18.1. The smallest absolute Gasteiger partial charge is 0.255 e. The average Bonchev–Trinajstić information content (AvgIpc) is 2.84. The summed E-state index contributed by atoms with van der Waals surface area (Å²) >= 11 is 0. The third kappa shape index (κ3) is 7.27. The van der Waals surface area contributed by atoms with Crippen LogP contribution in [0.4, 0.5) is 17.1 Å². The maximum Gasteiger partial charge on any atom is 0.255 e. The predicted octanol–water partition coefficient (Wildman–Crippen LogP) is 4.27. The lowest BCUT2D eigenvalue weighted by molar-refractivity contribution is 0.102. The Bertz CT molecular complexity index is 1510. The Labute approximate surface area is 230 Å². The van der Waals surface area contributed by atoms with Gasteiger partial charge in [-0.25, -0.2) is 14.3 Å². The van der Waals surface area contributed by atoms with Crippen LogP contribution < -0.4 is 31.4 Å². The number of methoxy groups -OCH3 is 1. The summed E-state index contributed by atoms with van der Waals surface area (Å²) in [6.07, 6.45) is 5.91. The number of carbonyl (C=O) groups excluding carboxylic acids is 1. The molecule has 0 saturated heterocycles. The lowest BCUT2D eigenvalue weighted by Crippen LogP contribution is -2.27. The van der Waals surface area contributed by atoms with Crippen LogP contribution >= 0.6 is 0 Å². The number of amides is 1. The summed E-state index contributed by atoms with van der Waals surface area (Å²) < 4.78 is 32.1. The highest BCUT2D eigenvalue weighted by Gasteiger charge is 2.23. The zero-order chi connectivity index (χ0) is 29.1. The van der Waals surface area contributed by atoms with E-state index in [0.717, 1.165) is 22.9 Å². The lowest BCUT2D eigenvalue weighted by Gasteiger charge is -2.24. The highest BCUT2D eigenvalue weighted by molar-refractivity contribution is 7.92. The van der Waals surface area contributed by atoms with E-state index in [1.54, 1.807) is 48.9 Å². The van der Waals surface area contributed by atoms with E-state index in [0.29, 0.717) is 28.2 Å². The molecule has 2 aromatic carbocycles. The van der Waals surface area contributed by atoms with Crippen LogP contribution in [0.1, 0.15) is 53.4 Å². The van der Waals surface area contributed by atoms with Crippen molar-refractivity contribution >= 4 is 38.7 Å². The highest BCUT2D eigenvalue weighted by atomic mass is 32.2. The van der Waals surface area contributed by atoms with Crippen molar-refractivity contribution in [1.29, 1.82) is 0 Å². The monoisotopic (exact) mass is 552 g/mol. The van der Waals surface area contributed by atoms with Crippen LogP contribution in [0.5, 0.6) is 5.75 Å². The van der Waals surface area contributed by atoms with Gasteiger partial charge in [0.2, 0.25) is 10.0 Å². The number of anilines is 3. The molecule has 0 aliphatic carbocycles. The van der Waals surface area contributed by atoms with E-state index in [4.69, 9.17) is 16.3 Å². The van der Waals surface area contributed by atoms with Gasteiger partial charge in [-0.1, -0.05) is 20.8 Å². The van der Waals surface area contributed by atoms with Gasteiger partial charge in [-0.05, 0) is 72.4 Å². The second kappa shape index (κ2) is 11.3. The van der Waals surface area contributed by atoms with Gasteiger partial charge >= 0.3 is 0 Å². The van der Waals surface area contributed by atoms with Crippen LogP contribution in [0.3, 0.4) is 0 Å². The number of nitrogens with one attached hydrogen (secondary N) is 2. The lowest BCUT2D eigenvalue weighted by atomic mass is 9.86. The van der Waals surface area contributed by atoms with Crippen LogP contribution in [0.15, 0.2) is 55.0 Å². The summed E-state index contributed by atoms with van der Waals surface area (Å²) in [6, 6.07) is 10.5. The molecule has 0 aliphatic heterocycles. The van der Waals surface area contributed by atoms with Crippen LogP contribution in [-0.2, 0) is 15.4 Å². The molecule has 0 aliphatic rings. The Morgan fingerprint density at radius 3 is 2.33 bits per heavy atom. The van der Waals surface area contributed by atoms with Crippen LogP contribution in [0, 0.1) is 13.8 Å². The fourth-order valence-corrected chi connectivity index (χ4v) is 4.46. The van der Waals surface area contributed by atoms with E-state index >= 15 is 0 Å². The molecule has 0 atom stereocenters. The van der Waals surface area contributed by atoms with Gasteiger partial charge < -0.3 is 15.8 Å². The molecule has 39 heavy (non-hydrogen) atoms. The summed E-state index contributed by atoms with van der Waals surface area (Å²) in [5.74, 6) is 6.12. The van der Waals surface area contributed by atoms with Crippen molar-refractivity contribution in [2.24, 2.45) is 11.6 Å². The second-order valence-electron chi connectivity index (χ2n) is 10.4. The maximum atomic E-state index is 13.5. The number of carbonyl (C=O) groups is 1. The number of rotatable bonds is 8. The number of hydrogen-bond acceptors (Lipinski definition) is 8. The molecule has 208 valence electrons. The van der Waals surface area contributed by atoms with Crippen molar-refractivity contribution < 1.29 is 17.9 Å². The van der Waals surface area contributed by atoms with E-state index < -0.39 is 15.9 Å². The van der Waals surface area contributed by atoms with Gasteiger partial charge in [0, 0.05) is 29.7 Å². The standard InChI is InChI=1S/C28H36N6O4S/c1-17-11-20(12-25(18(17)2)34(30)16-22(29)19-9-8-10-31-15-19)27(35)32-23-13-21(28(3,4)5)14-24(26(23)38-6)33-39(7,36)37/h8-16,33H,29-30H2,1-7H3,(H,32,35). The number of sulfonamides is 1. The summed E-state index contributed by atoms with van der Waals surface area (Å²) in [7, 11) is -2.20. The van der Waals surface area contributed by atoms with Crippen molar-refractivity contribution in [3.8, 4) is 5.75 Å². The molecule has 0 saturated carbocycles. The molecule has 0 unspecified atom stereocenters. The van der Waals surface area contributed by atoms with Gasteiger partial charge in [0.15, 0.2) is 5.75 Å². The topological polar surface area (TPSA) is 153 Å². The number of aromatic nitrogens is 1. The minimum atomic E-state index is -3.61. The Kier molecular flexibility index (Phi) is 8.57. The van der Waals surface area contributed by atoms with E-state index in [1.807, 2.05) is 40.7 Å². The van der Waals surface area contributed by atoms with E-state index in [1.165, 1.54) is 12.1 Å². The largest absolute Gasteiger partial charge is 0.492 e. The van der Waals surface area contributed by atoms with Crippen LogP contribution in [-0.4, -0.2) is 32.7 Å². The highest BCUT2D eigenvalue weighted by Crippen LogP contribution is 2.39. The zero-order valence-corrected chi connectivity index (χ0v) is 24.1. The molecule has 10 nitrogen and oxygen atoms in total. The SMILES string of the molecule is COc1c(NC(=O)c2cc(C)c(C)c(N(N)C=C(N)c3cccnc3)c2)cc(C(C)(C)C)cc1NS(C)(=O)=O. The number of hydrogen-bond donors (Lipinski definition) is 4. The van der Waals surface area contributed by atoms with Crippen molar-refractivity contribution in [2.75, 3.05) is 28.4 Å². The number of hydrazine groups is 1. The van der Waals surface area contributed by atoms with Gasteiger partial charge in [-0.2, -0.15) is 0 Å². The summed E-state index contributed by atoms with van der Waals surface area (Å²) in [5, 5.41) is 4.26. The quantitative estimate of drug-likeness (QED) is 0.239. The Hall–Kier alpha value is -4.09. The third-order valence-electron chi connectivity index (χ3n) is 6.16. The Balaban J connectivity index is 2.03. The average molecular weight is 553 g/mol. The first-order valence-electron chi connectivity index (χ1n) is 12.1. The van der Waals surface area contributed by atoms with Crippen LogP contribution in [0.25, 0.3) is 5.70 Å². The van der Waals surface area contributed by atoms with E-state index in [2.05, 4.69) is 15.0 Å². The van der Waals surface area contributed by atoms with Gasteiger partial charge in [0.1, 0.15) is 0 Å². The number of nitrogens with two attached hydrogens (primary N) is 2. The maximum absolute atomic E-state index is 13.5. The van der Waals surface area contributed by atoms with Crippen molar-refractivity contribution in [3.05, 3.63) is 82.8 Å². The molecule has 1 amide bonds. The van der Waals surface area contributed by atoms with Gasteiger partial charge in [0.25, 0.3) is 5.91 Å². The summed E-state index contributed by atoms with van der Waals surface area (Å²) in [5.41, 5.74) is 11.0. The Morgan fingerprint density at radius 1 is 1.10 bits per heavy atom. The van der Waals surface area contributed by atoms with Crippen molar-refractivity contribution in [3.63, 3.8) is 0 Å². The molecule has 1 aromatic heterocycles. The van der Waals surface area contributed by atoms with Crippen molar-refractivity contribution in [1.82, 2.24) is 4.98 Å². The summed E-state index contributed by atoms with van der Waals surface area (Å²) in [6.45, 7) is 9.74. The molecule has 6 N–H and O–H groups in total. The molecule has 0 radical (unpaired) electrons. The molecule has 1 heterocycles. The first kappa shape index (κ1) is 29.5. The minimum Gasteiger partial charge on any atom is -0.492 e. The third-order valence-corrected chi connectivity index (χ3v) is 6.75. The fraction of sp³-hybridized carbons (Fsp3) is 0.286. The number of pyridine rings is 1. The number of aryl methyl sites for hydroxylation is 1. The molecule has 3 rings (SSSR count). The predicted molar refractivity (Wildman–Crippen MR) is 157 cm³/mol. The molecular formula is C28H36N6O4S. The molecule has 11 heteroatoms. The van der Waals surface area contributed by atoms with E-state index in [-0.39, 0.29) is 16.9 Å². The van der Waals surface area contributed by atoms with Gasteiger partial charge in [0.05, 0.1) is 36.1 Å². The van der Waals surface area contributed by atoms with Gasteiger partial charge in [-0.3, -0.25) is 19.5 Å². The first-order valence-corrected chi connectivity index (χ1v) is 14.0. The van der Waals surface area contributed by atoms with Gasteiger partial charge in [-0.15, -0.1) is 0 Å². The number of ether oxygens (including phenoxy) is 1. The van der Waals surface area contributed by atoms with E-state index in [9.17, 15) is 13.2 Å². The molecule has 0 bridgehead atoms. The summed E-state index contributed by atoms with van der Waals surface area (Å²) in [4.78, 5) is 17.6. The molecule has 3 aromatic rings. The molecule has 0 spiro atoms. The molecular weight excluding hydrogens is 516 g/mol. The molecule has 0 fully saturated rings. The number of nitrogens with zero attached hydrogens (tertiary/aromatic N) is 2. The van der Waals surface area contributed by atoms with Crippen molar-refractivity contribution in [2.45, 2.75) is 40.0 Å². The number of benzene rings is 2. The fourth-order valence-electron chi connectivity index (χ4n) is 3.91. The Morgan fingerprint density at radius 2 is 1.77 bits per heavy atom. The zero-order valence-electron chi connectivity index (χ0n) is 23.3.